The summed E-state index contributed by atoms with van der Waals surface area (Å²) in [5.74, 6) is -3.13. The van der Waals surface area contributed by atoms with Crippen LogP contribution in [-0.2, 0) is 16.9 Å². The minimum Gasteiger partial charge on any atom is -0.366 e. The van der Waals surface area contributed by atoms with Crippen molar-refractivity contribution in [3.05, 3.63) is 39.9 Å². The number of carbonyl (C=O) groups excluding carboxylic acids is 1. The van der Waals surface area contributed by atoms with Crippen LogP contribution in [0.15, 0.2) is 23.3 Å². The largest absolute Gasteiger partial charge is 0.421 e. The van der Waals surface area contributed by atoms with E-state index in [0.717, 1.165) is 19.3 Å². The third-order valence-corrected chi connectivity index (χ3v) is 6.50. The number of aromatic amines is 1. The molecule has 2 fully saturated rings. The third kappa shape index (κ3) is 5.90. The van der Waals surface area contributed by atoms with Gasteiger partial charge in [-0.25, -0.2) is 23.8 Å². The first-order valence-electron chi connectivity index (χ1n) is 11.6. The summed E-state index contributed by atoms with van der Waals surface area (Å²) in [6.07, 6.45) is -0.130. The van der Waals surface area contributed by atoms with E-state index in [2.05, 4.69) is 20.4 Å². The monoisotopic (exact) mass is 515 g/mol. The van der Waals surface area contributed by atoms with Gasteiger partial charge in [0.1, 0.15) is 11.4 Å². The molecule has 196 valence electrons. The SMILES string of the molecule is CC(F)(F)c1cnc(N2CCN(C(=O)[C@H]3CCC[C@H](Nc4cc(C(F)(F)F)c(=O)[nH]n4)C3)CC2)nc1. The highest BCUT2D eigenvalue weighted by Gasteiger charge is 2.36. The lowest BCUT2D eigenvalue weighted by molar-refractivity contribution is -0.139. The van der Waals surface area contributed by atoms with Gasteiger partial charge >= 0.3 is 6.18 Å². The molecule has 2 aliphatic rings. The fourth-order valence-electron chi connectivity index (χ4n) is 4.54. The Morgan fingerprint density at radius 1 is 1.08 bits per heavy atom. The van der Waals surface area contributed by atoms with Crippen molar-refractivity contribution >= 4 is 17.7 Å². The molecule has 1 amide bonds. The first-order chi connectivity index (χ1) is 16.9. The van der Waals surface area contributed by atoms with Gasteiger partial charge in [-0.3, -0.25) is 9.59 Å². The lowest BCUT2D eigenvalue weighted by atomic mass is 9.84. The third-order valence-electron chi connectivity index (χ3n) is 6.50. The molecule has 0 unspecified atom stereocenters. The van der Waals surface area contributed by atoms with Gasteiger partial charge in [0.25, 0.3) is 11.5 Å². The van der Waals surface area contributed by atoms with E-state index in [-0.39, 0.29) is 29.2 Å². The van der Waals surface area contributed by atoms with Crippen LogP contribution in [0, 0.1) is 5.92 Å². The van der Waals surface area contributed by atoms with Gasteiger partial charge in [-0.15, -0.1) is 0 Å². The highest BCUT2D eigenvalue weighted by molar-refractivity contribution is 5.79. The molecule has 0 spiro atoms. The summed E-state index contributed by atoms with van der Waals surface area (Å²) < 4.78 is 65.8. The van der Waals surface area contributed by atoms with Crippen molar-refractivity contribution in [2.75, 3.05) is 36.4 Å². The highest BCUT2D eigenvalue weighted by Crippen LogP contribution is 2.31. The number of amides is 1. The zero-order valence-electron chi connectivity index (χ0n) is 19.5. The number of nitrogens with one attached hydrogen (secondary N) is 2. The van der Waals surface area contributed by atoms with E-state index in [0.29, 0.717) is 63.9 Å². The fourth-order valence-corrected chi connectivity index (χ4v) is 4.54. The molecule has 1 aliphatic carbocycles. The summed E-state index contributed by atoms with van der Waals surface area (Å²) in [4.78, 5) is 36.2. The summed E-state index contributed by atoms with van der Waals surface area (Å²) in [6.45, 7) is 2.50. The molecule has 1 saturated heterocycles. The molecular weight excluding hydrogens is 489 g/mol. The lowest BCUT2D eigenvalue weighted by Gasteiger charge is -2.38. The summed E-state index contributed by atoms with van der Waals surface area (Å²) >= 11 is 0. The number of alkyl halides is 5. The maximum atomic E-state index is 13.4. The van der Waals surface area contributed by atoms with E-state index >= 15 is 0 Å². The predicted molar refractivity (Wildman–Crippen MR) is 120 cm³/mol. The highest BCUT2D eigenvalue weighted by atomic mass is 19.4. The molecule has 1 aliphatic heterocycles. The van der Waals surface area contributed by atoms with Crippen molar-refractivity contribution < 1.29 is 26.7 Å². The summed E-state index contributed by atoms with van der Waals surface area (Å²) in [6, 6.07) is 0.414. The minimum atomic E-state index is -4.80. The van der Waals surface area contributed by atoms with Gasteiger partial charge in [-0.05, 0) is 19.3 Å². The van der Waals surface area contributed by atoms with Crippen LogP contribution in [-0.4, -0.2) is 63.2 Å². The molecule has 3 heterocycles. The van der Waals surface area contributed by atoms with Crippen molar-refractivity contribution in [2.45, 2.75) is 50.7 Å². The van der Waals surface area contributed by atoms with E-state index in [9.17, 15) is 31.5 Å². The van der Waals surface area contributed by atoms with E-state index in [4.69, 9.17) is 0 Å². The van der Waals surface area contributed by atoms with Crippen molar-refractivity contribution in [3.63, 3.8) is 0 Å². The minimum absolute atomic E-state index is 0.0338. The Kier molecular flexibility index (Phi) is 7.14. The van der Waals surface area contributed by atoms with E-state index < -0.39 is 23.2 Å². The number of nitrogens with zero attached hydrogens (tertiary/aromatic N) is 5. The summed E-state index contributed by atoms with van der Waals surface area (Å²) in [5, 5.41) is 8.44. The van der Waals surface area contributed by atoms with Crippen LogP contribution in [0.25, 0.3) is 0 Å². The molecule has 2 atom stereocenters. The van der Waals surface area contributed by atoms with Gasteiger partial charge in [0.05, 0.1) is 5.56 Å². The maximum absolute atomic E-state index is 13.4. The number of H-pyrrole nitrogens is 1. The number of hydrogen-bond donors (Lipinski definition) is 2. The van der Waals surface area contributed by atoms with E-state index in [1.54, 1.807) is 4.90 Å². The molecule has 9 nitrogen and oxygen atoms in total. The maximum Gasteiger partial charge on any atom is 0.421 e. The first-order valence-corrected chi connectivity index (χ1v) is 11.6. The van der Waals surface area contributed by atoms with Crippen LogP contribution >= 0.6 is 0 Å². The van der Waals surface area contributed by atoms with Gasteiger partial charge in [-0.1, -0.05) is 6.42 Å². The average Bonchev–Trinajstić information content (AvgIpc) is 2.84. The predicted octanol–water partition coefficient (Wildman–Crippen LogP) is 3.01. The molecular formula is C22H26F5N7O2. The second kappa shape index (κ2) is 9.97. The topological polar surface area (TPSA) is 107 Å². The smallest absolute Gasteiger partial charge is 0.366 e. The molecule has 0 bridgehead atoms. The summed E-state index contributed by atoms with van der Waals surface area (Å²) in [5.41, 5.74) is -2.91. The van der Waals surface area contributed by atoms with Gasteiger partial charge in [-0.2, -0.15) is 18.3 Å². The van der Waals surface area contributed by atoms with Crippen LogP contribution in [0.4, 0.5) is 33.7 Å². The quantitative estimate of drug-likeness (QED) is 0.590. The van der Waals surface area contributed by atoms with Crippen molar-refractivity contribution in [1.82, 2.24) is 25.1 Å². The Labute approximate surface area is 203 Å². The van der Waals surface area contributed by atoms with Crippen molar-refractivity contribution in [2.24, 2.45) is 5.92 Å². The summed E-state index contributed by atoms with van der Waals surface area (Å²) in [7, 11) is 0. The Morgan fingerprint density at radius 2 is 1.75 bits per heavy atom. The Morgan fingerprint density at radius 3 is 2.36 bits per heavy atom. The van der Waals surface area contributed by atoms with Crippen LogP contribution in [0.5, 0.6) is 0 Å². The molecule has 2 N–H and O–H groups in total. The number of anilines is 2. The number of rotatable bonds is 5. The van der Waals surface area contributed by atoms with Crippen LogP contribution in [0.2, 0.25) is 0 Å². The number of aromatic nitrogens is 4. The number of piperazine rings is 1. The Bertz CT molecular complexity index is 1130. The molecule has 2 aromatic heterocycles. The average molecular weight is 515 g/mol. The Hall–Kier alpha value is -3.32. The van der Waals surface area contributed by atoms with Gasteiger partial charge < -0.3 is 15.1 Å². The number of hydrogen-bond acceptors (Lipinski definition) is 7. The fraction of sp³-hybridized carbons (Fsp3) is 0.591. The second-order valence-electron chi connectivity index (χ2n) is 9.17. The second-order valence-corrected chi connectivity index (χ2v) is 9.17. The van der Waals surface area contributed by atoms with E-state index in [1.165, 1.54) is 0 Å². The number of halogens is 5. The van der Waals surface area contributed by atoms with Crippen molar-refractivity contribution in [1.29, 1.82) is 0 Å². The van der Waals surface area contributed by atoms with Crippen LogP contribution in [0.1, 0.15) is 43.7 Å². The van der Waals surface area contributed by atoms with Gasteiger partial charge in [0.2, 0.25) is 11.9 Å². The van der Waals surface area contributed by atoms with E-state index in [1.807, 2.05) is 10.00 Å². The van der Waals surface area contributed by atoms with Crippen LogP contribution < -0.4 is 15.8 Å². The van der Waals surface area contributed by atoms with Crippen LogP contribution in [0.3, 0.4) is 0 Å². The van der Waals surface area contributed by atoms with Gasteiger partial charge in [0, 0.05) is 63.5 Å². The van der Waals surface area contributed by atoms with Crippen molar-refractivity contribution in [3.8, 4) is 0 Å². The molecule has 4 rings (SSSR count). The lowest BCUT2D eigenvalue weighted by Crippen LogP contribution is -2.51. The molecule has 0 radical (unpaired) electrons. The molecule has 1 saturated carbocycles. The molecule has 2 aromatic rings. The molecule has 36 heavy (non-hydrogen) atoms. The molecule has 0 aromatic carbocycles. The zero-order valence-corrected chi connectivity index (χ0v) is 19.5. The Balaban J connectivity index is 1.32. The first kappa shape index (κ1) is 25.8. The molecule has 14 heteroatoms. The van der Waals surface area contributed by atoms with Gasteiger partial charge in [0.15, 0.2) is 0 Å². The number of carbonyl (C=O) groups is 1. The normalized spacial score (nSPS) is 21.4. The standard InChI is InChI=1S/C22H26F5N7O2/c1-21(23,24)14-11-28-20(29-12-14)34-7-5-33(6-8-34)19(36)13-3-2-4-15(9-13)30-17-10-16(22(25,26)27)18(35)32-31-17/h10-13,15H,2-9H2,1H3,(H,30,31)(H,32,35)/t13-,15-/m0/s1. The zero-order chi connectivity index (χ0) is 26.1.